The number of hydrogen-bond acceptors (Lipinski definition) is 7. The number of carbonyl (C=O) groups is 2. The molecule has 2 N–H and O–H groups in total. The van der Waals surface area contributed by atoms with Crippen LogP contribution in [-0.4, -0.2) is 33.4 Å². The van der Waals surface area contributed by atoms with E-state index >= 15 is 0 Å². The van der Waals surface area contributed by atoms with Gasteiger partial charge in [0.25, 0.3) is 5.91 Å². The predicted molar refractivity (Wildman–Crippen MR) is 103 cm³/mol. The molecule has 0 saturated heterocycles. The van der Waals surface area contributed by atoms with Crippen LogP contribution in [0.25, 0.3) is 0 Å². The van der Waals surface area contributed by atoms with Crippen LogP contribution < -0.4 is 10.6 Å². The Morgan fingerprint density at radius 3 is 2.29 bits per heavy atom. The highest BCUT2D eigenvalue weighted by molar-refractivity contribution is 5.93. The van der Waals surface area contributed by atoms with Crippen molar-refractivity contribution in [2.75, 3.05) is 11.9 Å². The van der Waals surface area contributed by atoms with Crippen molar-refractivity contribution in [2.24, 2.45) is 0 Å². The maximum Gasteiger partial charge on any atom is 0.338 e. The van der Waals surface area contributed by atoms with Crippen molar-refractivity contribution in [3.05, 3.63) is 77.9 Å². The maximum atomic E-state index is 12.2. The Morgan fingerprint density at radius 1 is 0.964 bits per heavy atom. The minimum Gasteiger partial charge on any atom is -0.462 e. The second-order valence-corrected chi connectivity index (χ2v) is 5.76. The maximum absolute atomic E-state index is 12.2. The number of ether oxygens (including phenoxy) is 1. The van der Waals surface area contributed by atoms with Crippen molar-refractivity contribution < 1.29 is 14.3 Å². The molecule has 0 spiro atoms. The fraction of sp³-hybridized carbons (Fsp3) is 0.150. The number of amides is 1. The second kappa shape index (κ2) is 9.22. The van der Waals surface area contributed by atoms with Crippen molar-refractivity contribution in [1.82, 2.24) is 20.3 Å². The summed E-state index contributed by atoms with van der Waals surface area (Å²) in [6, 6.07) is 10.4. The lowest BCUT2D eigenvalue weighted by molar-refractivity contribution is 0.0526. The number of benzene rings is 1. The van der Waals surface area contributed by atoms with E-state index in [2.05, 4.69) is 25.6 Å². The number of carbonyl (C=O) groups excluding carboxylic acids is 2. The van der Waals surface area contributed by atoms with E-state index in [4.69, 9.17) is 4.74 Å². The zero-order chi connectivity index (χ0) is 19.8. The molecule has 0 aliphatic heterocycles. The fourth-order valence-corrected chi connectivity index (χ4v) is 2.33. The van der Waals surface area contributed by atoms with Crippen molar-refractivity contribution in [1.29, 1.82) is 0 Å². The van der Waals surface area contributed by atoms with Crippen LogP contribution in [0.3, 0.4) is 0 Å². The van der Waals surface area contributed by atoms with E-state index in [9.17, 15) is 9.59 Å². The highest BCUT2D eigenvalue weighted by Crippen LogP contribution is 2.14. The average Bonchev–Trinajstić information content (AvgIpc) is 2.74. The standard InChI is InChI=1S/C20H19N5O3/c1-2-28-19(27)15-3-5-17(6-4-15)25-20-23-12-16(13-24-20)18(26)22-11-14-7-9-21-10-8-14/h3-10,12-13H,2,11H2,1H3,(H,22,26)(H,23,24,25). The third kappa shape index (κ3) is 5.10. The zero-order valence-corrected chi connectivity index (χ0v) is 15.3. The molecular weight excluding hydrogens is 358 g/mol. The van der Waals surface area contributed by atoms with Gasteiger partial charge in [-0.05, 0) is 48.9 Å². The first-order valence-corrected chi connectivity index (χ1v) is 8.69. The fourth-order valence-electron chi connectivity index (χ4n) is 2.33. The molecule has 0 unspecified atom stereocenters. The molecule has 2 heterocycles. The summed E-state index contributed by atoms with van der Waals surface area (Å²) in [7, 11) is 0. The van der Waals surface area contributed by atoms with Gasteiger partial charge in [-0.3, -0.25) is 9.78 Å². The Hall–Kier alpha value is -3.81. The van der Waals surface area contributed by atoms with Gasteiger partial charge in [0, 0.05) is 37.0 Å². The van der Waals surface area contributed by atoms with Gasteiger partial charge in [0.2, 0.25) is 5.95 Å². The van der Waals surface area contributed by atoms with Gasteiger partial charge in [0.15, 0.2) is 0 Å². The molecule has 0 bridgehead atoms. The first kappa shape index (κ1) is 19.0. The Bertz CT molecular complexity index is 928. The second-order valence-electron chi connectivity index (χ2n) is 5.76. The van der Waals surface area contributed by atoms with Crippen molar-refractivity contribution in [3.63, 3.8) is 0 Å². The van der Waals surface area contributed by atoms with Crippen molar-refractivity contribution in [3.8, 4) is 0 Å². The van der Waals surface area contributed by atoms with Gasteiger partial charge in [-0.2, -0.15) is 0 Å². The summed E-state index contributed by atoms with van der Waals surface area (Å²) in [5.74, 6) is -0.288. The molecule has 1 aromatic carbocycles. The van der Waals surface area contributed by atoms with Gasteiger partial charge in [-0.1, -0.05) is 0 Å². The lowest BCUT2D eigenvalue weighted by Gasteiger charge is -2.07. The third-order valence-corrected chi connectivity index (χ3v) is 3.77. The van der Waals surface area contributed by atoms with Crippen LogP contribution in [0.15, 0.2) is 61.2 Å². The SMILES string of the molecule is CCOC(=O)c1ccc(Nc2ncc(C(=O)NCc3ccncc3)cn2)cc1. The quantitative estimate of drug-likeness (QED) is 0.610. The number of aromatic nitrogens is 3. The number of esters is 1. The monoisotopic (exact) mass is 377 g/mol. The summed E-state index contributed by atoms with van der Waals surface area (Å²) < 4.78 is 4.94. The summed E-state index contributed by atoms with van der Waals surface area (Å²) >= 11 is 0. The van der Waals surface area contributed by atoms with E-state index in [-0.39, 0.29) is 11.9 Å². The molecule has 0 aliphatic carbocycles. The van der Waals surface area contributed by atoms with E-state index < -0.39 is 0 Å². The molecule has 8 heteroatoms. The van der Waals surface area contributed by atoms with Crippen LogP contribution in [0.5, 0.6) is 0 Å². The first-order valence-electron chi connectivity index (χ1n) is 8.69. The van der Waals surface area contributed by atoms with Crippen LogP contribution in [0.4, 0.5) is 11.6 Å². The Morgan fingerprint density at radius 2 is 1.64 bits per heavy atom. The van der Waals surface area contributed by atoms with E-state index in [0.29, 0.717) is 35.9 Å². The van der Waals surface area contributed by atoms with E-state index in [0.717, 1.165) is 5.56 Å². The van der Waals surface area contributed by atoms with Gasteiger partial charge in [0.05, 0.1) is 17.7 Å². The van der Waals surface area contributed by atoms with Crippen LogP contribution >= 0.6 is 0 Å². The summed E-state index contributed by atoms with van der Waals surface area (Å²) in [5.41, 5.74) is 2.49. The van der Waals surface area contributed by atoms with Crippen LogP contribution in [0.1, 0.15) is 33.2 Å². The van der Waals surface area contributed by atoms with Gasteiger partial charge in [-0.25, -0.2) is 14.8 Å². The molecular formula is C20H19N5O3. The highest BCUT2D eigenvalue weighted by Gasteiger charge is 2.08. The van der Waals surface area contributed by atoms with Crippen LogP contribution in [-0.2, 0) is 11.3 Å². The van der Waals surface area contributed by atoms with Crippen LogP contribution in [0.2, 0.25) is 0 Å². The molecule has 0 radical (unpaired) electrons. The minimum atomic E-state index is -0.368. The number of nitrogens with zero attached hydrogens (tertiary/aromatic N) is 3. The average molecular weight is 377 g/mol. The van der Waals surface area contributed by atoms with E-state index in [1.165, 1.54) is 12.4 Å². The highest BCUT2D eigenvalue weighted by atomic mass is 16.5. The Labute approximate surface area is 162 Å². The van der Waals surface area contributed by atoms with E-state index in [1.54, 1.807) is 43.6 Å². The molecule has 28 heavy (non-hydrogen) atoms. The summed E-state index contributed by atoms with van der Waals surface area (Å²) in [5, 5.41) is 5.81. The molecule has 0 fully saturated rings. The molecule has 0 atom stereocenters. The molecule has 0 aliphatic rings. The normalized spacial score (nSPS) is 10.2. The number of hydrogen-bond donors (Lipinski definition) is 2. The molecule has 3 rings (SSSR count). The van der Waals surface area contributed by atoms with Gasteiger partial charge in [-0.15, -0.1) is 0 Å². The van der Waals surface area contributed by atoms with Crippen molar-refractivity contribution in [2.45, 2.75) is 13.5 Å². The molecule has 0 saturated carbocycles. The topological polar surface area (TPSA) is 106 Å². The number of pyridine rings is 1. The summed E-state index contributed by atoms with van der Waals surface area (Å²) in [6.45, 7) is 2.48. The smallest absolute Gasteiger partial charge is 0.338 e. The van der Waals surface area contributed by atoms with Gasteiger partial charge in [0.1, 0.15) is 0 Å². The lowest BCUT2D eigenvalue weighted by atomic mass is 10.2. The Kier molecular flexibility index (Phi) is 6.25. The molecule has 2 aromatic heterocycles. The third-order valence-electron chi connectivity index (χ3n) is 3.77. The minimum absolute atomic E-state index is 0.262. The lowest BCUT2D eigenvalue weighted by Crippen LogP contribution is -2.23. The Balaban J connectivity index is 1.56. The largest absolute Gasteiger partial charge is 0.462 e. The van der Waals surface area contributed by atoms with Crippen molar-refractivity contribution >= 4 is 23.5 Å². The molecule has 3 aromatic rings. The van der Waals surface area contributed by atoms with Crippen LogP contribution in [0, 0.1) is 0 Å². The molecule has 142 valence electrons. The summed E-state index contributed by atoms with van der Waals surface area (Å²) in [6.07, 6.45) is 6.24. The predicted octanol–water partition coefficient (Wildman–Crippen LogP) is 2.72. The number of anilines is 2. The van der Waals surface area contributed by atoms with Gasteiger partial charge >= 0.3 is 5.97 Å². The number of rotatable bonds is 7. The molecule has 1 amide bonds. The first-order chi connectivity index (χ1) is 13.7. The molecule has 8 nitrogen and oxygen atoms in total. The van der Waals surface area contributed by atoms with E-state index in [1.807, 2.05) is 12.1 Å². The zero-order valence-electron chi connectivity index (χ0n) is 15.3. The van der Waals surface area contributed by atoms with Gasteiger partial charge < -0.3 is 15.4 Å². The number of nitrogens with one attached hydrogen (secondary N) is 2. The summed E-state index contributed by atoms with van der Waals surface area (Å²) in [4.78, 5) is 36.1.